The highest BCUT2D eigenvalue weighted by atomic mass is 19.1. The summed E-state index contributed by atoms with van der Waals surface area (Å²) in [6.45, 7) is 3.39. The van der Waals surface area contributed by atoms with E-state index in [9.17, 15) is 18.8 Å². The van der Waals surface area contributed by atoms with Crippen molar-refractivity contribution >= 4 is 11.8 Å². The molecule has 0 bridgehead atoms. The number of hydrogen-bond acceptors (Lipinski definition) is 5. The van der Waals surface area contributed by atoms with Crippen LogP contribution < -0.4 is 10.3 Å². The fourth-order valence-electron chi connectivity index (χ4n) is 3.27. The standard InChI is InChI=1S/C24H19FN2O4/c1-14-20(15(2)27-24(30)21(14)13-26)11-12-22(28)31-19-9-5-17(6-10-19)23(29)16-3-7-18(25)8-4-16/h3-10H,11-12H2,1-2H3,(H,27,30). The first kappa shape index (κ1) is 21.7. The molecular formula is C24H19FN2O4. The monoisotopic (exact) mass is 418 g/mol. The summed E-state index contributed by atoms with van der Waals surface area (Å²) in [7, 11) is 0. The molecule has 1 heterocycles. The predicted octanol–water partition coefficient (Wildman–Crippen LogP) is 3.77. The Kier molecular flexibility index (Phi) is 6.41. The highest BCUT2D eigenvalue weighted by Crippen LogP contribution is 2.18. The summed E-state index contributed by atoms with van der Waals surface area (Å²) in [5, 5.41) is 9.13. The molecule has 3 rings (SSSR count). The smallest absolute Gasteiger partial charge is 0.311 e. The average molecular weight is 418 g/mol. The molecule has 0 fully saturated rings. The van der Waals surface area contributed by atoms with E-state index in [-0.39, 0.29) is 23.5 Å². The number of carbonyl (C=O) groups is 2. The number of pyridine rings is 1. The Labute approximate surface area is 177 Å². The van der Waals surface area contributed by atoms with Gasteiger partial charge in [0.1, 0.15) is 23.2 Å². The topological polar surface area (TPSA) is 100 Å². The number of H-pyrrole nitrogens is 1. The van der Waals surface area contributed by atoms with Crippen LogP contribution >= 0.6 is 0 Å². The quantitative estimate of drug-likeness (QED) is 0.373. The number of carbonyl (C=O) groups excluding carboxylic acids is 2. The number of ether oxygens (including phenoxy) is 1. The lowest BCUT2D eigenvalue weighted by Gasteiger charge is -2.11. The third-order valence-corrected chi connectivity index (χ3v) is 4.95. The number of ketones is 1. The van der Waals surface area contributed by atoms with Gasteiger partial charge in [-0.3, -0.25) is 14.4 Å². The highest BCUT2D eigenvalue weighted by molar-refractivity contribution is 6.09. The van der Waals surface area contributed by atoms with Crippen LogP contribution in [0.3, 0.4) is 0 Å². The fraction of sp³-hybridized carbons (Fsp3) is 0.167. The Bertz CT molecular complexity index is 1240. The zero-order chi connectivity index (χ0) is 22.5. The van der Waals surface area contributed by atoms with E-state index in [0.717, 1.165) is 5.56 Å². The van der Waals surface area contributed by atoms with Crippen LogP contribution in [0.2, 0.25) is 0 Å². The third-order valence-electron chi connectivity index (χ3n) is 4.95. The van der Waals surface area contributed by atoms with Crippen molar-refractivity contribution in [1.29, 1.82) is 5.26 Å². The highest BCUT2D eigenvalue weighted by Gasteiger charge is 2.15. The number of nitrogens with zero attached hydrogens (tertiary/aromatic N) is 1. The van der Waals surface area contributed by atoms with Crippen molar-refractivity contribution in [3.63, 3.8) is 0 Å². The number of nitriles is 1. The van der Waals surface area contributed by atoms with Gasteiger partial charge in [-0.15, -0.1) is 0 Å². The van der Waals surface area contributed by atoms with Gasteiger partial charge in [-0.1, -0.05) is 0 Å². The van der Waals surface area contributed by atoms with Crippen LogP contribution in [0.5, 0.6) is 5.75 Å². The molecule has 0 unspecified atom stereocenters. The van der Waals surface area contributed by atoms with E-state index in [1.165, 1.54) is 48.5 Å². The number of rotatable bonds is 6. The zero-order valence-corrected chi connectivity index (χ0v) is 17.0. The summed E-state index contributed by atoms with van der Waals surface area (Å²) in [5.41, 5.74) is 2.23. The second-order valence-corrected chi connectivity index (χ2v) is 7.00. The molecule has 7 heteroatoms. The Morgan fingerprint density at radius 1 is 1.03 bits per heavy atom. The van der Waals surface area contributed by atoms with Gasteiger partial charge in [0, 0.05) is 16.8 Å². The van der Waals surface area contributed by atoms with E-state index in [2.05, 4.69) is 4.98 Å². The van der Waals surface area contributed by atoms with Crippen molar-refractivity contribution in [2.75, 3.05) is 0 Å². The summed E-state index contributed by atoms with van der Waals surface area (Å²) in [6.07, 6.45) is 0.359. The summed E-state index contributed by atoms with van der Waals surface area (Å²) in [5.74, 6) is -0.889. The lowest BCUT2D eigenvalue weighted by molar-refractivity contribution is -0.134. The minimum Gasteiger partial charge on any atom is -0.427 e. The lowest BCUT2D eigenvalue weighted by atomic mass is 9.99. The Morgan fingerprint density at radius 3 is 2.19 bits per heavy atom. The SMILES string of the molecule is Cc1[nH]c(=O)c(C#N)c(C)c1CCC(=O)Oc1ccc(C(=O)c2ccc(F)cc2)cc1. The fourth-order valence-corrected chi connectivity index (χ4v) is 3.27. The summed E-state index contributed by atoms with van der Waals surface area (Å²) in [4.78, 5) is 39.1. The maximum absolute atomic E-state index is 13.0. The molecule has 156 valence electrons. The van der Waals surface area contributed by atoms with Gasteiger partial charge < -0.3 is 9.72 Å². The first-order valence-electron chi connectivity index (χ1n) is 9.53. The van der Waals surface area contributed by atoms with Gasteiger partial charge in [0.25, 0.3) is 5.56 Å². The Morgan fingerprint density at radius 2 is 1.61 bits per heavy atom. The van der Waals surface area contributed by atoms with Crippen LogP contribution in [0.1, 0.15) is 44.7 Å². The number of hydrogen-bond donors (Lipinski definition) is 1. The van der Waals surface area contributed by atoms with E-state index in [1.807, 2.05) is 6.07 Å². The van der Waals surface area contributed by atoms with Gasteiger partial charge in [-0.2, -0.15) is 5.26 Å². The summed E-state index contributed by atoms with van der Waals surface area (Å²) in [6, 6.07) is 13.2. The molecule has 3 aromatic rings. The first-order valence-corrected chi connectivity index (χ1v) is 9.53. The van der Waals surface area contributed by atoms with Crippen molar-refractivity contribution in [2.45, 2.75) is 26.7 Å². The average Bonchev–Trinajstić information content (AvgIpc) is 2.74. The van der Waals surface area contributed by atoms with Gasteiger partial charge >= 0.3 is 5.97 Å². The van der Waals surface area contributed by atoms with Crippen molar-refractivity contribution in [3.05, 3.63) is 98.2 Å². The summed E-state index contributed by atoms with van der Waals surface area (Å²) >= 11 is 0. The molecule has 0 aliphatic carbocycles. The molecule has 1 aromatic heterocycles. The molecule has 1 N–H and O–H groups in total. The second-order valence-electron chi connectivity index (χ2n) is 7.00. The van der Waals surface area contributed by atoms with Crippen molar-refractivity contribution in [2.24, 2.45) is 0 Å². The van der Waals surface area contributed by atoms with E-state index >= 15 is 0 Å². The summed E-state index contributed by atoms with van der Waals surface area (Å²) < 4.78 is 18.3. The van der Waals surface area contributed by atoms with Gasteiger partial charge in [0.15, 0.2) is 5.78 Å². The van der Waals surface area contributed by atoms with Crippen LogP contribution in [0.4, 0.5) is 4.39 Å². The number of halogens is 1. The molecular weight excluding hydrogens is 399 g/mol. The molecule has 0 radical (unpaired) electrons. The van der Waals surface area contributed by atoms with Gasteiger partial charge in [0.2, 0.25) is 0 Å². The molecule has 0 amide bonds. The molecule has 2 aromatic carbocycles. The number of benzene rings is 2. The van der Waals surface area contributed by atoms with E-state index in [1.54, 1.807) is 13.8 Å². The number of esters is 1. The van der Waals surface area contributed by atoms with Gasteiger partial charge in [-0.25, -0.2) is 4.39 Å². The Balaban J connectivity index is 1.64. The van der Waals surface area contributed by atoms with Crippen LogP contribution in [0.25, 0.3) is 0 Å². The third kappa shape index (κ3) is 4.93. The molecule has 0 spiro atoms. The molecule has 0 saturated heterocycles. The van der Waals surface area contributed by atoms with E-state index in [4.69, 9.17) is 10.00 Å². The largest absolute Gasteiger partial charge is 0.427 e. The van der Waals surface area contributed by atoms with Crippen molar-refractivity contribution in [1.82, 2.24) is 4.98 Å². The zero-order valence-electron chi connectivity index (χ0n) is 17.0. The first-order chi connectivity index (χ1) is 14.8. The number of aromatic amines is 1. The predicted molar refractivity (Wildman–Crippen MR) is 111 cm³/mol. The minimum atomic E-state index is -0.485. The second kappa shape index (κ2) is 9.18. The van der Waals surface area contributed by atoms with Crippen LogP contribution in [0, 0.1) is 31.0 Å². The van der Waals surface area contributed by atoms with Gasteiger partial charge in [-0.05, 0) is 79.9 Å². The van der Waals surface area contributed by atoms with E-state index < -0.39 is 17.3 Å². The van der Waals surface area contributed by atoms with Crippen LogP contribution in [0.15, 0.2) is 53.3 Å². The number of nitrogens with one attached hydrogen (secondary N) is 1. The molecule has 6 nitrogen and oxygen atoms in total. The van der Waals surface area contributed by atoms with Gasteiger partial charge in [0.05, 0.1) is 6.42 Å². The maximum atomic E-state index is 13.0. The van der Waals surface area contributed by atoms with E-state index in [0.29, 0.717) is 28.8 Å². The molecule has 0 saturated carbocycles. The molecule has 0 aliphatic rings. The minimum absolute atomic E-state index is 0.0374. The van der Waals surface area contributed by atoms with Crippen LogP contribution in [-0.2, 0) is 11.2 Å². The van der Waals surface area contributed by atoms with Crippen molar-refractivity contribution < 1.29 is 18.7 Å². The normalized spacial score (nSPS) is 10.4. The number of aromatic nitrogens is 1. The molecule has 0 atom stereocenters. The number of aryl methyl sites for hydroxylation is 1. The van der Waals surface area contributed by atoms with Crippen molar-refractivity contribution in [3.8, 4) is 11.8 Å². The lowest BCUT2D eigenvalue weighted by Crippen LogP contribution is -2.18. The molecule has 31 heavy (non-hydrogen) atoms. The molecule has 0 aliphatic heterocycles. The Hall–Kier alpha value is -4.05. The maximum Gasteiger partial charge on any atom is 0.311 e. The van der Waals surface area contributed by atoms with Crippen LogP contribution in [-0.4, -0.2) is 16.7 Å².